The van der Waals surface area contributed by atoms with Crippen LogP contribution in [-0.2, 0) is 10.0 Å². The Labute approximate surface area is 159 Å². The van der Waals surface area contributed by atoms with Crippen LogP contribution in [0.3, 0.4) is 0 Å². The molecule has 3 aromatic rings. The van der Waals surface area contributed by atoms with Gasteiger partial charge in [0.1, 0.15) is 5.75 Å². The van der Waals surface area contributed by atoms with Crippen LogP contribution in [0.25, 0.3) is 11.3 Å². The van der Waals surface area contributed by atoms with Crippen LogP contribution in [0.2, 0.25) is 0 Å². The van der Waals surface area contributed by atoms with E-state index in [4.69, 9.17) is 4.74 Å². The lowest BCUT2D eigenvalue weighted by Gasteiger charge is -2.06. The molecule has 0 aliphatic carbocycles. The van der Waals surface area contributed by atoms with Gasteiger partial charge in [0.25, 0.3) is 10.0 Å². The number of alkyl halides is 1. The van der Waals surface area contributed by atoms with Crippen LogP contribution < -0.4 is 4.74 Å². The van der Waals surface area contributed by atoms with E-state index in [2.05, 4.69) is 21.0 Å². The SMILES string of the molecule is O=S(=O)(c1ccc(Br)cc1)n1ccc(-c2ccc(OCCCF)cc2)n1. The van der Waals surface area contributed by atoms with Gasteiger partial charge in [-0.3, -0.25) is 4.39 Å². The molecule has 0 fully saturated rings. The predicted octanol–water partition coefficient (Wildman–Crippen LogP) is 4.29. The molecule has 3 rings (SSSR count). The van der Waals surface area contributed by atoms with Crippen LogP contribution in [0.1, 0.15) is 6.42 Å². The summed E-state index contributed by atoms with van der Waals surface area (Å²) in [6.45, 7) is -0.0989. The fraction of sp³-hybridized carbons (Fsp3) is 0.167. The van der Waals surface area contributed by atoms with E-state index in [0.717, 1.165) is 14.1 Å². The summed E-state index contributed by atoms with van der Waals surface area (Å²) in [6, 6.07) is 15.1. The van der Waals surface area contributed by atoms with Crippen molar-refractivity contribution in [3.05, 3.63) is 65.3 Å². The highest BCUT2D eigenvalue weighted by atomic mass is 79.9. The molecule has 0 unspecified atom stereocenters. The van der Waals surface area contributed by atoms with Crippen molar-refractivity contribution in [2.24, 2.45) is 0 Å². The number of nitrogens with zero attached hydrogens (tertiary/aromatic N) is 2. The molecule has 0 amide bonds. The first-order valence-corrected chi connectivity index (χ1v) is 10.1. The third-order valence-corrected chi connectivity index (χ3v) is 5.71. The third kappa shape index (κ3) is 4.13. The van der Waals surface area contributed by atoms with Gasteiger partial charge < -0.3 is 4.74 Å². The van der Waals surface area contributed by atoms with Gasteiger partial charge >= 0.3 is 0 Å². The van der Waals surface area contributed by atoms with E-state index in [1.54, 1.807) is 42.5 Å². The first-order valence-electron chi connectivity index (χ1n) is 7.87. The quantitative estimate of drug-likeness (QED) is 0.516. The molecule has 0 spiro atoms. The van der Waals surface area contributed by atoms with Gasteiger partial charge in [0, 0.05) is 22.7 Å². The van der Waals surface area contributed by atoms with Crippen molar-refractivity contribution in [2.75, 3.05) is 13.3 Å². The Morgan fingerprint density at radius 3 is 2.38 bits per heavy atom. The van der Waals surface area contributed by atoms with Crippen LogP contribution in [-0.4, -0.2) is 30.9 Å². The molecule has 1 aromatic heterocycles. The molecular formula is C18H16BrFN2O3S. The third-order valence-electron chi connectivity index (χ3n) is 3.62. The summed E-state index contributed by atoms with van der Waals surface area (Å²) >= 11 is 3.28. The lowest BCUT2D eigenvalue weighted by Crippen LogP contribution is -2.13. The molecule has 5 nitrogen and oxygen atoms in total. The lowest BCUT2D eigenvalue weighted by atomic mass is 10.1. The van der Waals surface area contributed by atoms with Crippen LogP contribution in [0.4, 0.5) is 4.39 Å². The second-order valence-corrected chi connectivity index (χ2v) is 8.16. The maximum Gasteiger partial charge on any atom is 0.282 e. The highest BCUT2D eigenvalue weighted by Gasteiger charge is 2.18. The number of halogens is 2. The van der Waals surface area contributed by atoms with E-state index in [0.29, 0.717) is 24.5 Å². The molecule has 0 atom stereocenters. The minimum absolute atomic E-state index is 0.159. The molecule has 2 aromatic carbocycles. The lowest BCUT2D eigenvalue weighted by molar-refractivity contribution is 0.289. The Bertz CT molecular complexity index is 970. The van der Waals surface area contributed by atoms with Gasteiger partial charge in [0.2, 0.25) is 0 Å². The summed E-state index contributed by atoms with van der Waals surface area (Å²) in [4.78, 5) is 0.159. The summed E-state index contributed by atoms with van der Waals surface area (Å²) in [5.74, 6) is 0.629. The Kier molecular flexibility index (Phi) is 5.73. The molecule has 26 heavy (non-hydrogen) atoms. The Hall–Kier alpha value is -2.19. The first-order chi connectivity index (χ1) is 12.5. The molecule has 0 aliphatic rings. The summed E-state index contributed by atoms with van der Waals surface area (Å²) in [6.07, 6.45) is 1.76. The number of rotatable bonds is 7. The monoisotopic (exact) mass is 438 g/mol. The molecule has 0 aliphatic heterocycles. The number of hydrogen-bond acceptors (Lipinski definition) is 4. The van der Waals surface area contributed by atoms with Crippen molar-refractivity contribution in [1.29, 1.82) is 0 Å². The van der Waals surface area contributed by atoms with Gasteiger partial charge in [0.15, 0.2) is 0 Å². The smallest absolute Gasteiger partial charge is 0.282 e. The highest BCUT2D eigenvalue weighted by Crippen LogP contribution is 2.23. The molecule has 8 heteroatoms. The molecule has 136 valence electrons. The van der Waals surface area contributed by atoms with E-state index < -0.39 is 16.7 Å². The van der Waals surface area contributed by atoms with E-state index in [9.17, 15) is 12.8 Å². The van der Waals surface area contributed by atoms with Crippen LogP contribution in [0.5, 0.6) is 5.75 Å². The number of aromatic nitrogens is 2. The number of hydrogen-bond donors (Lipinski definition) is 0. The van der Waals surface area contributed by atoms with Crippen molar-refractivity contribution in [3.8, 4) is 17.0 Å². The molecule has 0 bridgehead atoms. The van der Waals surface area contributed by atoms with Gasteiger partial charge in [-0.25, -0.2) is 0 Å². The second-order valence-electron chi connectivity index (χ2n) is 5.45. The minimum atomic E-state index is -3.74. The fourth-order valence-electron chi connectivity index (χ4n) is 2.28. The molecular weight excluding hydrogens is 423 g/mol. The van der Waals surface area contributed by atoms with E-state index >= 15 is 0 Å². The van der Waals surface area contributed by atoms with Gasteiger partial charge in [-0.1, -0.05) is 15.9 Å². The zero-order valence-electron chi connectivity index (χ0n) is 13.7. The van der Waals surface area contributed by atoms with E-state index in [-0.39, 0.29) is 4.90 Å². The zero-order chi connectivity index (χ0) is 18.6. The average molecular weight is 439 g/mol. The zero-order valence-corrected chi connectivity index (χ0v) is 16.1. The van der Waals surface area contributed by atoms with Gasteiger partial charge in [0.05, 0.1) is 23.9 Å². The minimum Gasteiger partial charge on any atom is -0.493 e. The molecule has 0 radical (unpaired) electrons. The van der Waals surface area contributed by atoms with Gasteiger partial charge in [-0.15, -0.1) is 0 Å². The van der Waals surface area contributed by atoms with Gasteiger partial charge in [-0.05, 0) is 54.6 Å². The number of ether oxygens (including phenoxy) is 1. The summed E-state index contributed by atoms with van der Waals surface area (Å²) in [5, 5.41) is 4.18. The standard InChI is InChI=1S/C18H16BrFN2O3S/c19-15-4-8-17(9-5-15)26(23,24)22-12-10-18(21-22)14-2-6-16(7-3-14)25-13-1-11-20/h2-10,12H,1,11,13H2. The van der Waals surface area contributed by atoms with Gasteiger partial charge in [-0.2, -0.15) is 17.6 Å². The fourth-order valence-corrected chi connectivity index (χ4v) is 3.65. The molecule has 0 saturated carbocycles. The Morgan fingerprint density at radius 1 is 1.04 bits per heavy atom. The number of benzene rings is 2. The average Bonchev–Trinajstić information content (AvgIpc) is 3.14. The topological polar surface area (TPSA) is 61.2 Å². The molecule has 1 heterocycles. The molecule has 0 saturated heterocycles. The van der Waals surface area contributed by atoms with Crippen molar-refractivity contribution in [1.82, 2.24) is 9.19 Å². The van der Waals surface area contributed by atoms with E-state index in [1.807, 2.05) is 0 Å². The summed E-state index contributed by atoms with van der Waals surface area (Å²) in [5.41, 5.74) is 1.29. The van der Waals surface area contributed by atoms with Crippen molar-refractivity contribution in [3.63, 3.8) is 0 Å². The largest absolute Gasteiger partial charge is 0.493 e. The first kappa shape index (κ1) is 18.6. The predicted molar refractivity (Wildman–Crippen MR) is 100 cm³/mol. The van der Waals surface area contributed by atoms with Crippen LogP contribution >= 0.6 is 15.9 Å². The Balaban J connectivity index is 1.80. The van der Waals surface area contributed by atoms with E-state index in [1.165, 1.54) is 18.3 Å². The second kappa shape index (κ2) is 8.01. The highest BCUT2D eigenvalue weighted by molar-refractivity contribution is 9.10. The van der Waals surface area contributed by atoms with Crippen LogP contribution in [0, 0.1) is 0 Å². The van der Waals surface area contributed by atoms with Crippen molar-refractivity contribution < 1.29 is 17.5 Å². The van der Waals surface area contributed by atoms with Crippen molar-refractivity contribution in [2.45, 2.75) is 11.3 Å². The Morgan fingerprint density at radius 2 is 1.73 bits per heavy atom. The van der Waals surface area contributed by atoms with Crippen molar-refractivity contribution >= 4 is 26.0 Å². The maximum absolute atomic E-state index is 12.6. The molecule has 0 N–H and O–H groups in total. The summed E-state index contributed by atoms with van der Waals surface area (Å²) < 4.78 is 44.5. The summed E-state index contributed by atoms with van der Waals surface area (Å²) in [7, 11) is -3.74. The van der Waals surface area contributed by atoms with Crippen LogP contribution in [0.15, 0.2) is 70.2 Å². The normalized spacial score (nSPS) is 11.5. The maximum atomic E-state index is 12.6.